The van der Waals surface area contributed by atoms with Gasteiger partial charge in [-0.3, -0.25) is 4.98 Å². The summed E-state index contributed by atoms with van der Waals surface area (Å²) in [5.41, 5.74) is 8.88. The lowest BCUT2D eigenvalue weighted by atomic mass is 9.88. The maximum atomic E-state index is 4.98. The van der Waals surface area contributed by atoms with E-state index >= 15 is 0 Å². The first-order chi connectivity index (χ1) is 13.7. The van der Waals surface area contributed by atoms with Crippen LogP contribution >= 0.6 is 0 Å². The van der Waals surface area contributed by atoms with E-state index in [1.54, 1.807) is 6.33 Å². The fraction of sp³-hybridized carbons (Fsp3) is 0.208. The molecule has 140 valence electrons. The van der Waals surface area contributed by atoms with E-state index in [2.05, 4.69) is 57.8 Å². The van der Waals surface area contributed by atoms with Gasteiger partial charge in [0.05, 0.1) is 11.2 Å². The molecule has 0 saturated carbocycles. The number of rotatable bonds is 4. The largest absolute Gasteiger partial charge is 0.393 e. The number of nitrogens with one attached hydrogen (secondary N) is 1. The van der Waals surface area contributed by atoms with Gasteiger partial charge >= 0.3 is 0 Å². The standard InChI is InChI=1S/C24H24N4/c1-4-6-18(14-25-3)22-12-10-20-19(7-5-8-24(20)28-22)17-9-11-23-21(13-17)16(2)26-15-27-23/h4,6-7,9-15,25H,5,8H2,1-3H3/b6-4?,18-14+. The highest BCUT2D eigenvalue weighted by Gasteiger charge is 2.17. The second kappa shape index (κ2) is 7.77. The molecule has 1 aliphatic rings. The van der Waals surface area contributed by atoms with Gasteiger partial charge in [-0.1, -0.05) is 30.4 Å². The van der Waals surface area contributed by atoms with E-state index in [-0.39, 0.29) is 0 Å². The van der Waals surface area contributed by atoms with Crippen molar-refractivity contribution in [3.05, 3.63) is 89.3 Å². The Bertz CT molecular complexity index is 1120. The van der Waals surface area contributed by atoms with Crippen molar-refractivity contribution < 1.29 is 0 Å². The highest BCUT2D eigenvalue weighted by atomic mass is 14.8. The van der Waals surface area contributed by atoms with Crippen molar-refractivity contribution in [2.45, 2.75) is 26.7 Å². The number of hydrogen-bond donors (Lipinski definition) is 1. The van der Waals surface area contributed by atoms with Crippen LogP contribution in [0.15, 0.2) is 61.1 Å². The van der Waals surface area contributed by atoms with Crippen LogP contribution in [0.5, 0.6) is 0 Å². The maximum absolute atomic E-state index is 4.98. The molecule has 0 amide bonds. The average molecular weight is 368 g/mol. The van der Waals surface area contributed by atoms with Crippen LogP contribution in [0.4, 0.5) is 0 Å². The lowest BCUT2D eigenvalue weighted by Gasteiger charge is -2.19. The van der Waals surface area contributed by atoms with E-state index in [1.807, 2.05) is 33.2 Å². The van der Waals surface area contributed by atoms with Crippen LogP contribution in [0.3, 0.4) is 0 Å². The van der Waals surface area contributed by atoms with E-state index < -0.39 is 0 Å². The molecule has 0 saturated heterocycles. The molecule has 4 nitrogen and oxygen atoms in total. The van der Waals surface area contributed by atoms with Crippen LogP contribution in [0.25, 0.3) is 22.0 Å². The lowest BCUT2D eigenvalue weighted by molar-refractivity contribution is 0.915. The summed E-state index contributed by atoms with van der Waals surface area (Å²) in [4.78, 5) is 13.7. The first kappa shape index (κ1) is 18.1. The van der Waals surface area contributed by atoms with Crippen molar-refractivity contribution in [3.63, 3.8) is 0 Å². The lowest BCUT2D eigenvalue weighted by Crippen LogP contribution is -2.06. The maximum Gasteiger partial charge on any atom is 0.116 e. The summed E-state index contributed by atoms with van der Waals surface area (Å²) in [5.74, 6) is 0. The molecule has 0 atom stereocenters. The van der Waals surface area contributed by atoms with E-state index in [0.29, 0.717) is 0 Å². The summed E-state index contributed by atoms with van der Waals surface area (Å²) < 4.78 is 0. The summed E-state index contributed by atoms with van der Waals surface area (Å²) in [6, 6.07) is 10.7. The third-order valence-corrected chi connectivity index (χ3v) is 5.08. The SMILES string of the molecule is CC=C/C(=C\NC)c1ccc2c(n1)CCC=C2c1ccc2ncnc(C)c2c1. The van der Waals surface area contributed by atoms with Crippen molar-refractivity contribution in [1.29, 1.82) is 0 Å². The highest BCUT2D eigenvalue weighted by Crippen LogP contribution is 2.33. The number of aryl methyl sites for hydroxylation is 2. The third-order valence-electron chi connectivity index (χ3n) is 5.08. The van der Waals surface area contributed by atoms with Crippen LogP contribution in [0.1, 0.15) is 41.6 Å². The number of benzene rings is 1. The second-order valence-electron chi connectivity index (χ2n) is 6.93. The molecule has 4 rings (SSSR count). The predicted molar refractivity (Wildman–Crippen MR) is 116 cm³/mol. The van der Waals surface area contributed by atoms with Gasteiger partial charge in [0.15, 0.2) is 0 Å². The quantitative estimate of drug-likeness (QED) is 0.669. The first-order valence-corrected chi connectivity index (χ1v) is 9.64. The van der Waals surface area contributed by atoms with Gasteiger partial charge in [0.2, 0.25) is 0 Å². The minimum absolute atomic E-state index is 0.963. The molecule has 1 aromatic carbocycles. The van der Waals surface area contributed by atoms with Gasteiger partial charge in [0.25, 0.3) is 0 Å². The zero-order valence-corrected chi connectivity index (χ0v) is 16.5. The summed E-state index contributed by atoms with van der Waals surface area (Å²) in [6.07, 6.45) is 12.0. The molecule has 0 spiro atoms. The Balaban J connectivity index is 1.78. The molecule has 2 heterocycles. The summed E-state index contributed by atoms with van der Waals surface area (Å²) in [5, 5.41) is 4.21. The van der Waals surface area contributed by atoms with Crippen LogP contribution in [-0.2, 0) is 6.42 Å². The Morgan fingerprint density at radius 3 is 2.86 bits per heavy atom. The Morgan fingerprint density at radius 1 is 1.14 bits per heavy atom. The van der Waals surface area contributed by atoms with Crippen molar-refractivity contribution in [2.24, 2.45) is 0 Å². The molecule has 0 fully saturated rings. The highest BCUT2D eigenvalue weighted by molar-refractivity contribution is 5.89. The smallest absolute Gasteiger partial charge is 0.116 e. The van der Waals surface area contributed by atoms with E-state index in [4.69, 9.17) is 4.98 Å². The molecule has 4 heteroatoms. The van der Waals surface area contributed by atoms with Gasteiger partial charge in [-0.05, 0) is 56.0 Å². The van der Waals surface area contributed by atoms with Gasteiger partial charge in [-0.15, -0.1) is 0 Å². The molecule has 0 unspecified atom stereocenters. The van der Waals surface area contributed by atoms with Crippen molar-refractivity contribution in [2.75, 3.05) is 7.05 Å². The van der Waals surface area contributed by atoms with E-state index in [0.717, 1.165) is 46.4 Å². The van der Waals surface area contributed by atoms with Gasteiger partial charge in [0, 0.05) is 41.2 Å². The van der Waals surface area contributed by atoms with E-state index in [1.165, 1.54) is 16.7 Å². The van der Waals surface area contributed by atoms with Gasteiger partial charge in [-0.25, -0.2) is 9.97 Å². The van der Waals surface area contributed by atoms with Crippen molar-refractivity contribution in [1.82, 2.24) is 20.3 Å². The zero-order valence-electron chi connectivity index (χ0n) is 16.5. The fourth-order valence-electron chi connectivity index (χ4n) is 3.73. The Kier molecular flexibility index (Phi) is 5.02. The Hall–Kier alpha value is -3.27. The predicted octanol–water partition coefficient (Wildman–Crippen LogP) is 4.85. The summed E-state index contributed by atoms with van der Waals surface area (Å²) in [6.45, 7) is 4.05. The average Bonchev–Trinajstić information content (AvgIpc) is 2.73. The number of pyridine rings is 1. The number of hydrogen-bond acceptors (Lipinski definition) is 4. The molecular formula is C24H24N4. The molecule has 3 aromatic rings. The molecule has 1 N–H and O–H groups in total. The van der Waals surface area contributed by atoms with Crippen LogP contribution in [-0.4, -0.2) is 22.0 Å². The van der Waals surface area contributed by atoms with Crippen molar-refractivity contribution in [3.8, 4) is 0 Å². The second-order valence-corrected chi connectivity index (χ2v) is 6.93. The summed E-state index contributed by atoms with van der Waals surface area (Å²) >= 11 is 0. The summed E-state index contributed by atoms with van der Waals surface area (Å²) in [7, 11) is 1.91. The Labute approximate surface area is 165 Å². The van der Waals surface area contributed by atoms with Crippen molar-refractivity contribution >= 4 is 22.0 Å². The van der Waals surface area contributed by atoms with Crippen LogP contribution in [0, 0.1) is 6.92 Å². The molecule has 0 aliphatic heterocycles. The minimum atomic E-state index is 0.963. The topological polar surface area (TPSA) is 50.7 Å². The molecule has 0 radical (unpaired) electrons. The van der Waals surface area contributed by atoms with Crippen LogP contribution < -0.4 is 5.32 Å². The Morgan fingerprint density at radius 2 is 2.04 bits per heavy atom. The molecule has 2 aromatic heterocycles. The first-order valence-electron chi connectivity index (χ1n) is 9.64. The number of aromatic nitrogens is 3. The number of nitrogens with zero attached hydrogens (tertiary/aromatic N) is 3. The fourth-order valence-corrected chi connectivity index (χ4v) is 3.73. The van der Waals surface area contributed by atoms with E-state index in [9.17, 15) is 0 Å². The molecule has 28 heavy (non-hydrogen) atoms. The minimum Gasteiger partial charge on any atom is -0.393 e. The molecule has 1 aliphatic carbocycles. The molecular weight excluding hydrogens is 344 g/mol. The van der Waals surface area contributed by atoms with Gasteiger partial charge < -0.3 is 5.32 Å². The monoisotopic (exact) mass is 368 g/mol. The zero-order chi connectivity index (χ0) is 19.5. The normalized spacial score (nSPS) is 14.2. The van der Waals surface area contributed by atoms with Crippen LogP contribution in [0.2, 0.25) is 0 Å². The van der Waals surface area contributed by atoms with Gasteiger partial charge in [0.1, 0.15) is 6.33 Å². The third kappa shape index (κ3) is 3.33. The number of allylic oxidation sites excluding steroid dienone is 4. The van der Waals surface area contributed by atoms with Gasteiger partial charge in [-0.2, -0.15) is 0 Å². The number of fused-ring (bicyclic) bond motifs is 2. The molecule has 0 bridgehead atoms.